The minimum atomic E-state index is 0.0410. The molecule has 1 aromatic rings. The zero-order valence-electron chi connectivity index (χ0n) is 11.4. The van der Waals surface area contributed by atoms with Gasteiger partial charge in [-0.2, -0.15) is 0 Å². The normalized spacial score (nSPS) is 23.6. The summed E-state index contributed by atoms with van der Waals surface area (Å²) in [4.78, 5) is 12.4. The van der Waals surface area contributed by atoms with E-state index >= 15 is 0 Å². The smallest absolute Gasteiger partial charge is 0.167 e. The lowest BCUT2D eigenvalue weighted by Crippen LogP contribution is -2.30. The number of benzene rings is 1. The highest BCUT2D eigenvalue weighted by Crippen LogP contribution is 2.27. The van der Waals surface area contributed by atoms with Gasteiger partial charge in [0.25, 0.3) is 0 Å². The standard InChI is InChI=1S/C16H23NO/c1-11(2)9-12-5-3-6-13(10-12)16(18)14-7-4-8-15(14)17/h3,5-6,10-11,14-15H,4,7-9,17H2,1-2H3. The molecule has 1 aliphatic carbocycles. The molecule has 2 heteroatoms. The van der Waals surface area contributed by atoms with Crippen LogP contribution >= 0.6 is 0 Å². The van der Waals surface area contributed by atoms with Gasteiger partial charge in [-0.05, 0) is 36.8 Å². The number of hydrogen-bond donors (Lipinski definition) is 1. The quantitative estimate of drug-likeness (QED) is 0.828. The highest BCUT2D eigenvalue weighted by molar-refractivity contribution is 5.98. The first kappa shape index (κ1) is 13.3. The third kappa shape index (κ3) is 2.99. The Morgan fingerprint density at radius 1 is 1.39 bits per heavy atom. The van der Waals surface area contributed by atoms with Crippen LogP contribution in [0.2, 0.25) is 0 Å². The van der Waals surface area contributed by atoms with Gasteiger partial charge < -0.3 is 5.73 Å². The average Bonchev–Trinajstić information content (AvgIpc) is 2.74. The largest absolute Gasteiger partial charge is 0.327 e. The molecule has 0 amide bonds. The van der Waals surface area contributed by atoms with Gasteiger partial charge in [0.05, 0.1) is 0 Å². The molecule has 2 unspecified atom stereocenters. The summed E-state index contributed by atoms with van der Waals surface area (Å²) in [6.45, 7) is 4.39. The van der Waals surface area contributed by atoms with Crippen LogP contribution in [0.5, 0.6) is 0 Å². The second-order valence-electron chi connectivity index (χ2n) is 5.86. The fourth-order valence-electron chi connectivity index (χ4n) is 2.85. The summed E-state index contributed by atoms with van der Waals surface area (Å²) in [5.41, 5.74) is 8.11. The molecule has 18 heavy (non-hydrogen) atoms. The zero-order valence-corrected chi connectivity index (χ0v) is 11.4. The van der Waals surface area contributed by atoms with Crippen molar-refractivity contribution in [2.24, 2.45) is 17.6 Å². The molecule has 2 N–H and O–H groups in total. The third-order valence-electron chi connectivity index (χ3n) is 3.76. The predicted octanol–water partition coefficient (Wildman–Crippen LogP) is 3.20. The maximum absolute atomic E-state index is 12.4. The number of nitrogens with two attached hydrogens (primary N) is 1. The summed E-state index contributed by atoms with van der Waals surface area (Å²) < 4.78 is 0. The molecule has 0 spiro atoms. The first-order chi connectivity index (χ1) is 8.58. The molecule has 98 valence electrons. The Bertz CT molecular complexity index is 425. The summed E-state index contributed by atoms with van der Waals surface area (Å²) >= 11 is 0. The van der Waals surface area contributed by atoms with Gasteiger partial charge in [-0.3, -0.25) is 4.79 Å². The molecular weight excluding hydrogens is 222 g/mol. The van der Waals surface area contributed by atoms with E-state index in [1.165, 1.54) is 5.56 Å². The number of hydrogen-bond acceptors (Lipinski definition) is 2. The molecule has 0 radical (unpaired) electrons. The van der Waals surface area contributed by atoms with Crippen molar-refractivity contribution < 1.29 is 4.79 Å². The van der Waals surface area contributed by atoms with Crippen LogP contribution in [0, 0.1) is 11.8 Å². The maximum atomic E-state index is 12.4. The van der Waals surface area contributed by atoms with Gasteiger partial charge in [-0.1, -0.05) is 38.5 Å². The number of Topliss-reactive ketones (excluding diaryl/α,β-unsaturated/α-hetero) is 1. The molecule has 0 saturated heterocycles. The molecule has 1 fully saturated rings. The van der Waals surface area contributed by atoms with E-state index in [1.54, 1.807) is 0 Å². The summed E-state index contributed by atoms with van der Waals surface area (Å²) in [7, 11) is 0. The Kier molecular flexibility index (Phi) is 4.18. The summed E-state index contributed by atoms with van der Waals surface area (Å²) in [5, 5.41) is 0. The Morgan fingerprint density at radius 3 is 2.78 bits per heavy atom. The topological polar surface area (TPSA) is 43.1 Å². The third-order valence-corrected chi connectivity index (χ3v) is 3.76. The first-order valence-corrected chi connectivity index (χ1v) is 6.96. The molecule has 2 rings (SSSR count). The van der Waals surface area contributed by atoms with Crippen LogP contribution in [0.1, 0.15) is 49.0 Å². The van der Waals surface area contributed by atoms with E-state index in [0.29, 0.717) is 5.92 Å². The molecule has 2 atom stereocenters. The first-order valence-electron chi connectivity index (χ1n) is 6.96. The van der Waals surface area contributed by atoms with E-state index in [4.69, 9.17) is 5.73 Å². The van der Waals surface area contributed by atoms with E-state index in [9.17, 15) is 4.79 Å². The van der Waals surface area contributed by atoms with Crippen LogP contribution in [-0.4, -0.2) is 11.8 Å². The van der Waals surface area contributed by atoms with E-state index in [-0.39, 0.29) is 17.7 Å². The highest BCUT2D eigenvalue weighted by atomic mass is 16.1. The fraction of sp³-hybridized carbons (Fsp3) is 0.562. The van der Waals surface area contributed by atoms with Crippen LogP contribution in [0.25, 0.3) is 0 Å². The van der Waals surface area contributed by atoms with E-state index in [0.717, 1.165) is 31.2 Å². The molecule has 1 aromatic carbocycles. The van der Waals surface area contributed by atoms with Gasteiger partial charge in [-0.15, -0.1) is 0 Å². The Hall–Kier alpha value is -1.15. The zero-order chi connectivity index (χ0) is 13.1. The molecule has 0 bridgehead atoms. The van der Waals surface area contributed by atoms with Crippen molar-refractivity contribution in [2.75, 3.05) is 0 Å². The van der Waals surface area contributed by atoms with Crippen molar-refractivity contribution in [3.05, 3.63) is 35.4 Å². The highest BCUT2D eigenvalue weighted by Gasteiger charge is 2.30. The van der Waals surface area contributed by atoms with Crippen LogP contribution in [0.15, 0.2) is 24.3 Å². The van der Waals surface area contributed by atoms with Crippen molar-refractivity contribution in [2.45, 2.75) is 45.6 Å². The second-order valence-corrected chi connectivity index (χ2v) is 5.86. The second kappa shape index (κ2) is 5.66. The summed E-state index contributed by atoms with van der Waals surface area (Å²) in [6, 6.07) is 8.13. The molecule has 0 aliphatic heterocycles. The average molecular weight is 245 g/mol. The van der Waals surface area contributed by atoms with Crippen molar-refractivity contribution in [3.8, 4) is 0 Å². The van der Waals surface area contributed by atoms with Crippen molar-refractivity contribution in [1.29, 1.82) is 0 Å². The Morgan fingerprint density at radius 2 is 2.17 bits per heavy atom. The fourth-order valence-corrected chi connectivity index (χ4v) is 2.85. The van der Waals surface area contributed by atoms with Crippen molar-refractivity contribution >= 4 is 5.78 Å². The van der Waals surface area contributed by atoms with Gasteiger partial charge in [0.2, 0.25) is 0 Å². The number of rotatable bonds is 4. The van der Waals surface area contributed by atoms with Gasteiger partial charge in [-0.25, -0.2) is 0 Å². The molecule has 1 aliphatic rings. The minimum Gasteiger partial charge on any atom is -0.327 e. The summed E-state index contributed by atoms with van der Waals surface area (Å²) in [5.74, 6) is 0.897. The van der Waals surface area contributed by atoms with Crippen molar-refractivity contribution in [1.82, 2.24) is 0 Å². The van der Waals surface area contributed by atoms with E-state index in [1.807, 2.05) is 18.2 Å². The molecule has 1 saturated carbocycles. The molecule has 0 heterocycles. The van der Waals surface area contributed by atoms with Crippen LogP contribution in [0.3, 0.4) is 0 Å². The van der Waals surface area contributed by atoms with E-state index in [2.05, 4.69) is 19.9 Å². The minimum absolute atomic E-state index is 0.0410. The van der Waals surface area contributed by atoms with Gasteiger partial charge >= 0.3 is 0 Å². The van der Waals surface area contributed by atoms with Crippen LogP contribution < -0.4 is 5.73 Å². The lowest BCUT2D eigenvalue weighted by molar-refractivity contribution is 0.0913. The Labute approximate surface area is 110 Å². The molecular formula is C16H23NO. The lowest BCUT2D eigenvalue weighted by Gasteiger charge is -2.14. The molecule has 2 nitrogen and oxygen atoms in total. The lowest BCUT2D eigenvalue weighted by atomic mass is 9.91. The maximum Gasteiger partial charge on any atom is 0.167 e. The SMILES string of the molecule is CC(C)Cc1cccc(C(=O)C2CCCC2N)c1. The van der Waals surface area contributed by atoms with Gasteiger partial charge in [0.1, 0.15) is 0 Å². The summed E-state index contributed by atoms with van der Waals surface area (Å²) in [6.07, 6.45) is 4.05. The van der Waals surface area contributed by atoms with Crippen molar-refractivity contribution in [3.63, 3.8) is 0 Å². The van der Waals surface area contributed by atoms with Gasteiger partial charge in [0.15, 0.2) is 5.78 Å². The molecule has 0 aromatic heterocycles. The monoisotopic (exact) mass is 245 g/mol. The van der Waals surface area contributed by atoms with Crippen LogP contribution in [0.4, 0.5) is 0 Å². The number of ketones is 1. The Balaban J connectivity index is 2.15. The predicted molar refractivity (Wildman–Crippen MR) is 74.6 cm³/mol. The van der Waals surface area contributed by atoms with Gasteiger partial charge in [0, 0.05) is 17.5 Å². The van der Waals surface area contributed by atoms with E-state index < -0.39 is 0 Å². The number of carbonyl (C=O) groups excluding carboxylic acids is 1. The van der Waals surface area contributed by atoms with Crippen LogP contribution in [-0.2, 0) is 6.42 Å². The number of carbonyl (C=O) groups is 1.